The van der Waals surface area contributed by atoms with E-state index in [9.17, 15) is 18.5 Å². The van der Waals surface area contributed by atoms with Gasteiger partial charge in [-0.2, -0.15) is 4.31 Å². The van der Waals surface area contributed by atoms with E-state index >= 15 is 0 Å². The van der Waals surface area contributed by atoms with Gasteiger partial charge < -0.3 is 4.90 Å². The molecule has 0 radical (unpaired) electrons. The van der Waals surface area contributed by atoms with Crippen molar-refractivity contribution in [3.8, 4) is 0 Å². The van der Waals surface area contributed by atoms with Crippen molar-refractivity contribution in [2.45, 2.75) is 4.90 Å². The maximum atomic E-state index is 12.7. The van der Waals surface area contributed by atoms with Crippen molar-refractivity contribution in [2.24, 2.45) is 0 Å². The Morgan fingerprint density at radius 3 is 2.32 bits per heavy atom. The minimum Gasteiger partial charge on any atom is -0.363 e. The molecule has 0 aliphatic carbocycles. The monoisotopic (exact) mass is 381 g/mol. The van der Waals surface area contributed by atoms with E-state index in [1.165, 1.54) is 22.5 Å². The zero-order valence-corrected chi connectivity index (χ0v) is 14.8. The molecule has 1 aliphatic heterocycles. The van der Waals surface area contributed by atoms with Gasteiger partial charge in [0.25, 0.3) is 5.69 Å². The highest BCUT2D eigenvalue weighted by atomic mass is 35.5. The molecule has 1 saturated heterocycles. The molecule has 0 N–H and O–H groups in total. The molecule has 9 heteroatoms. The summed E-state index contributed by atoms with van der Waals surface area (Å²) in [6.45, 7) is 1.26. The number of nitro groups is 1. The highest BCUT2D eigenvalue weighted by molar-refractivity contribution is 7.89. The maximum absolute atomic E-state index is 12.7. The van der Waals surface area contributed by atoms with Gasteiger partial charge in [-0.25, -0.2) is 8.42 Å². The predicted molar refractivity (Wildman–Crippen MR) is 95.5 cm³/mol. The van der Waals surface area contributed by atoms with Crippen LogP contribution < -0.4 is 4.90 Å². The Kier molecular flexibility index (Phi) is 4.94. The molecule has 0 bridgehead atoms. The summed E-state index contributed by atoms with van der Waals surface area (Å²) >= 11 is 5.89. The molecule has 3 rings (SSSR count). The SMILES string of the molecule is O=[N+]([O-])c1ccccc1N1CCN(S(=O)(=O)c2cccc(Cl)c2)CC1. The molecular formula is C16H16ClN3O4S. The van der Waals surface area contributed by atoms with E-state index in [0.717, 1.165) is 0 Å². The quantitative estimate of drug-likeness (QED) is 0.600. The summed E-state index contributed by atoms with van der Waals surface area (Å²) in [5.41, 5.74) is 0.529. The maximum Gasteiger partial charge on any atom is 0.292 e. The Labute approximate surface area is 150 Å². The third-order valence-electron chi connectivity index (χ3n) is 4.09. The Morgan fingerprint density at radius 1 is 1.00 bits per heavy atom. The Morgan fingerprint density at radius 2 is 1.68 bits per heavy atom. The third-order valence-corrected chi connectivity index (χ3v) is 6.22. The molecule has 0 amide bonds. The lowest BCUT2D eigenvalue weighted by atomic mass is 10.2. The molecule has 0 saturated carbocycles. The van der Waals surface area contributed by atoms with Crippen LogP contribution in [0, 0.1) is 10.1 Å². The van der Waals surface area contributed by atoms with Crippen molar-refractivity contribution < 1.29 is 13.3 Å². The number of hydrogen-bond donors (Lipinski definition) is 0. The van der Waals surface area contributed by atoms with Crippen LogP contribution >= 0.6 is 11.6 Å². The lowest BCUT2D eigenvalue weighted by molar-refractivity contribution is -0.384. The van der Waals surface area contributed by atoms with E-state index in [2.05, 4.69) is 0 Å². The standard InChI is InChI=1S/C16H16ClN3O4S/c17-13-4-3-5-14(12-13)25(23,24)19-10-8-18(9-11-19)15-6-1-2-7-16(15)20(21)22/h1-7,12H,8-11H2. The van der Waals surface area contributed by atoms with E-state index in [1.807, 2.05) is 4.90 Å². The van der Waals surface area contributed by atoms with Gasteiger partial charge in [0.15, 0.2) is 0 Å². The third kappa shape index (κ3) is 3.60. The zero-order chi connectivity index (χ0) is 18.0. The molecule has 0 aromatic heterocycles. The second kappa shape index (κ2) is 6.99. The molecule has 132 valence electrons. The molecule has 7 nitrogen and oxygen atoms in total. The minimum atomic E-state index is -3.63. The van der Waals surface area contributed by atoms with Crippen LogP contribution in [0.1, 0.15) is 0 Å². The first-order valence-electron chi connectivity index (χ1n) is 7.64. The first-order valence-corrected chi connectivity index (χ1v) is 9.45. The van der Waals surface area contributed by atoms with Crippen molar-refractivity contribution in [3.05, 3.63) is 63.7 Å². The predicted octanol–water partition coefficient (Wildman–Crippen LogP) is 2.76. The van der Waals surface area contributed by atoms with Crippen LogP contribution in [-0.2, 0) is 10.0 Å². The minimum absolute atomic E-state index is 0.0219. The first-order chi connectivity index (χ1) is 11.9. The number of benzene rings is 2. The molecule has 2 aromatic carbocycles. The van der Waals surface area contributed by atoms with Crippen LogP contribution in [0.15, 0.2) is 53.4 Å². The highest BCUT2D eigenvalue weighted by Gasteiger charge is 2.30. The number of nitro benzene ring substituents is 1. The average Bonchev–Trinajstić information content (AvgIpc) is 2.62. The van der Waals surface area contributed by atoms with Crippen molar-refractivity contribution >= 4 is 33.0 Å². The van der Waals surface area contributed by atoms with Crippen LogP contribution in [0.2, 0.25) is 5.02 Å². The number of anilines is 1. The van der Waals surface area contributed by atoms with Crippen molar-refractivity contribution in [2.75, 3.05) is 31.1 Å². The highest BCUT2D eigenvalue weighted by Crippen LogP contribution is 2.29. The van der Waals surface area contributed by atoms with Gasteiger partial charge in [0, 0.05) is 37.3 Å². The van der Waals surface area contributed by atoms with E-state index in [-0.39, 0.29) is 23.7 Å². The summed E-state index contributed by atoms with van der Waals surface area (Å²) in [6.07, 6.45) is 0. The van der Waals surface area contributed by atoms with E-state index < -0.39 is 14.9 Å². The van der Waals surface area contributed by atoms with Gasteiger partial charge in [0.2, 0.25) is 10.0 Å². The Balaban J connectivity index is 1.77. The van der Waals surface area contributed by atoms with Crippen molar-refractivity contribution in [3.63, 3.8) is 0 Å². The summed E-state index contributed by atoms with van der Waals surface area (Å²) in [7, 11) is -3.63. The van der Waals surface area contributed by atoms with Crippen LogP contribution in [0.4, 0.5) is 11.4 Å². The number of halogens is 1. The summed E-state index contributed by atoms with van der Waals surface area (Å²) in [5, 5.41) is 11.5. The Bertz CT molecular complexity index is 896. The van der Waals surface area contributed by atoms with Gasteiger partial charge in [-0.1, -0.05) is 29.8 Å². The molecule has 0 unspecified atom stereocenters. The van der Waals surface area contributed by atoms with Crippen molar-refractivity contribution in [1.29, 1.82) is 0 Å². The molecular weight excluding hydrogens is 366 g/mol. The molecule has 1 fully saturated rings. The molecule has 2 aromatic rings. The summed E-state index contributed by atoms with van der Waals surface area (Å²) in [5.74, 6) is 0. The summed E-state index contributed by atoms with van der Waals surface area (Å²) < 4.78 is 26.8. The fourth-order valence-corrected chi connectivity index (χ4v) is 4.56. The normalized spacial score (nSPS) is 16.0. The lowest BCUT2D eigenvalue weighted by Gasteiger charge is -2.35. The number of sulfonamides is 1. The van der Waals surface area contributed by atoms with Gasteiger partial charge in [-0.3, -0.25) is 10.1 Å². The second-order valence-electron chi connectivity index (χ2n) is 5.59. The topological polar surface area (TPSA) is 83.8 Å². The van der Waals surface area contributed by atoms with E-state index in [1.54, 1.807) is 30.3 Å². The van der Waals surface area contributed by atoms with Gasteiger partial charge in [0.1, 0.15) is 5.69 Å². The lowest BCUT2D eigenvalue weighted by Crippen LogP contribution is -2.48. The molecule has 0 spiro atoms. The number of hydrogen-bond acceptors (Lipinski definition) is 5. The van der Waals surface area contributed by atoms with Crippen LogP contribution in [0.3, 0.4) is 0 Å². The number of nitrogens with zero attached hydrogens (tertiary/aromatic N) is 3. The smallest absolute Gasteiger partial charge is 0.292 e. The molecule has 25 heavy (non-hydrogen) atoms. The van der Waals surface area contributed by atoms with E-state index in [4.69, 9.17) is 11.6 Å². The molecule has 1 heterocycles. The Hall–Kier alpha value is -2.16. The molecule has 1 aliphatic rings. The average molecular weight is 382 g/mol. The van der Waals surface area contributed by atoms with E-state index in [0.29, 0.717) is 23.8 Å². The number of piperazine rings is 1. The largest absolute Gasteiger partial charge is 0.363 e. The number of para-hydroxylation sites is 2. The molecule has 0 atom stereocenters. The summed E-state index contributed by atoms with van der Waals surface area (Å²) in [4.78, 5) is 12.7. The fourth-order valence-electron chi connectivity index (χ4n) is 2.83. The summed E-state index contributed by atoms with van der Waals surface area (Å²) in [6, 6.07) is 12.6. The zero-order valence-electron chi connectivity index (χ0n) is 13.2. The number of rotatable bonds is 4. The second-order valence-corrected chi connectivity index (χ2v) is 7.97. The first kappa shape index (κ1) is 17.7. The van der Waals surface area contributed by atoms with Gasteiger partial charge in [-0.05, 0) is 24.3 Å². The van der Waals surface area contributed by atoms with Gasteiger partial charge >= 0.3 is 0 Å². The van der Waals surface area contributed by atoms with Crippen molar-refractivity contribution in [1.82, 2.24) is 4.31 Å². The van der Waals surface area contributed by atoms with Gasteiger partial charge in [-0.15, -0.1) is 0 Å². The van der Waals surface area contributed by atoms with Crippen LogP contribution in [0.5, 0.6) is 0 Å². The van der Waals surface area contributed by atoms with Crippen LogP contribution in [0.25, 0.3) is 0 Å². The van der Waals surface area contributed by atoms with Gasteiger partial charge in [0.05, 0.1) is 9.82 Å². The van der Waals surface area contributed by atoms with Crippen LogP contribution in [-0.4, -0.2) is 43.8 Å². The fraction of sp³-hybridized carbons (Fsp3) is 0.250.